The zero-order chi connectivity index (χ0) is 10.8. The van der Waals surface area contributed by atoms with Gasteiger partial charge in [0.25, 0.3) is 0 Å². The molecule has 0 amide bonds. The van der Waals surface area contributed by atoms with E-state index in [4.69, 9.17) is 5.11 Å². The average Bonchev–Trinajstić information content (AvgIpc) is 2.30. The van der Waals surface area contributed by atoms with Crippen LogP contribution in [-0.4, -0.2) is 11.1 Å². The van der Waals surface area contributed by atoms with Crippen LogP contribution in [0.15, 0.2) is 23.8 Å². The Labute approximate surface area is 85.3 Å². The Hall–Kier alpha value is -1.05. The third kappa shape index (κ3) is 2.25. The maximum Gasteiger partial charge on any atom is 0.327 e. The number of aliphatic carboxylic acids is 1. The van der Waals surface area contributed by atoms with E-state index in [-0.39, 0.29) is 5.41 Å². The summed E-state index contributed by atoms with van der Waals surface area (Å²) in [5.41, 5.74) is 1.65. The van der Waals surface area contributed by atoms with Crippen LogP contribution in [0.2, 0.25) is 0 Å². The molecule has 0 aromatic heterocycles. The molecule has 0 aliphatic heterocycles. The Morgan fingerprint density at radius 2 is 2.36 bits per heavy atom. The van der Waals surface area contributed by atoms with Crippen molar-refractivity contribution >= 4 is 5.97 Å². The molecule has 0 bridgehead atoms. The number of carbonyl (C=O) groups is 1. The fourth-order valence-electron chi connectivity index (χ4n) is 1.92. The largest absolute Gasteiger partial charge is 0.478 e. The van der Waals surface area contributed by atoms with Crippen LogP contribution in [0.5, 0.6) is 0 Å². The number of carboxylic acid groups (broad SMARTS) is 1. The van der Waals surface area contributed by atoms with Crippen molar-refractivity contribution < 1.29 is 9.90 Å². The van der Waals surface area contributed by atoms with Gasteiger partial charge in [-0.15, -0.1) is 0 Å². The summed E-state index contributed by atoms with van der Waals surface area (Å²) in [7, 11) is 0. The van der Waals surface area contributed by atoms with Crippen molar-refractivity contribution in [3.8, 4) is 0 Å². The molecule has 1 aliphatic rings. The van der Waals surface area contributed by atoms with Gasteiger partial charge in [-0.2, -0.15) is 0 Å². The molecule has 0 aromatic rings. The van der Waals surface area contributed by atoms with E-state index in [1.807, 2.05) is 0 Å². The van der Waals surface area contributed by atoms with Gasteiger partial charge in [0, 0.05) is 6.08 Å². The number of allylic oxidation sites excluding steroid dienone is 3. The highest BCUT2D eigenvalue weighted by Gasteiger charge is 2.33. The van der Waals surface area contributed by atoms with Crippen molar-refractivity contribution in [2.75, 3.05) is 0 Å². The van der Waals surface area contributed by atoms with Gasteiger partial charge >= 0.3 is 5.97 Å². The molecule has 14 heavy (non-hydrogen) atoms. The van der Waals surface area contributed by atoms with Crippen LogP contribution in [0.25, 0.3) is 0 Å². The summed E-state index contributed by atoms with van der Waals surface area (Å²) in [5.74, 6) is -0.302. The monoisotopic (exact) mass is 194 g/mol. The number of hydrogen-bond acceptors (Lipinski definition) is 1. The van der Waals surface area contributed by atoms with Crippen molar-refractivity contribution in [3.05, 3.63) is 23.8 Å². The van der Waals surface area contributed by atoms with Crippen LogP contribution in [0.1, 0.15) is 33.6 Å². The number of rotatable bonds is 3. The second kappa shape index (κ2) is 3.99. The summed E-state index contributed by atoms with van der Waals surface area (Å²) in [6, 6.07) is 0. The van der Waals surface area contributed by atoms with Crippen molar-refractivity contribution in [1.29, 1.82) is 0 Å². The second-order valence-corrected chi connectivity index (χ2v) is 4.52. The van der Waals surface area contributed by atoms with E-state index in [1.165, 1.54) is 11.6 Å². The summed E-state index contributed by atoms with van der Waals surface area (Å²) in [6.07, 6.45) is 7.19. The highest BCUT2D eigenvalue weighted by Crippen LogP contribution is 2.44. The molecule has 78 valence electrons. The van der Waals surface area contributed by atoms with Crippen LogP contribution in [-0.2, 0) is 4.79 Å². The smallest absolute Gasteiger partial charge is 0.327 e. The van der Waals surface area contributed by atoms with Gasteiger partial charge in [-0.05, 0) is 31.1 Å². The zero-order valence-electron chi connectivity index (χ0n) is 9.08. The van der Waals surface area contributed by atoms with Crippen LogP contribution < -0.4 is 0 Å². The lowest BCUT2D eigenvalue weighted by molar-refractivity contribution is -0.131. The van der Waals surface area contributed by atoms with E-state index in [1.54, 1.807) is 6.08 Å². The second-order valence-electron chi connectivity index (χ2n) is 4.52. The number of carboxylic acids is 1. The van der Waals surface area contributed by atoms with Crippen LogP contribution in [0, 0.1) is 11.3 Å². The highest BCUT2D eigenvalue weighted by atomic mass is 16.4. The van der Waals surface area contributed by atoms with Crippen molar-refractivity contribution in [1.82, 2.24) is 0 Å². The minimum absolute atomic E-state index is 0.225. The Morgan fingerprint density at radius 1 is 1.71 bits per heavy atom. The first-order valence-electron chi connectivity index (χ1n) is 5.01. The molecule has 0 radical (unpaired) electrons. The summed E-state index contributed by atoms with van der Waals surface area (Å²) in [5, 5.41) is 8.47. The molecule has 2 heteroatoms. The summed E-state index contributed by atoms with van der Waals surface area (Å²) in [4.78, 5) is 10.3. The molecule has 0 spiro atoms. The average molecular weight is 194 g/mol. The Kier molecular flexibility index (Phi) is 3.14. The summed E-state index contributed by atoms with van der Waals surface area (Å²) < 4.78 is 0. The van der Waals surface area contributed by atoms with Gasteiger partial charge in [-0.3, -0.25) is 0 Å². The molecule has 1 atom stereocenters. The first kappa shape index (κ1) is 11.0. The van der Waals surface area contributed by atoms with Gasteiger partial charge in [0.2, 0.25) is 0 Å². The van der Waals surface area contributed by atoms with E-state index in [2.05, 4.69) is 26.8 Å². The third-order valence-corrected chi connectivity index (χ3v) is 3.43. The van der Waals surface area contributed by atoms with E-state index < -0.39 is 5.97 Å². The molecule has 1 N–H and O–H groups in total. The minimum Gasteiger partial charge on any atom is -0.478 e. The molecule has 1 unspecified atom stereocenters. The topological polar surface area (TPSA) is 37.3 Å². The van der Waals surface area contributed by atoms with E-state index in [0.717, 1.165) is 12.8 Å². The predicted octanol–water partition coefficient (Wildman–Crippen LogP) is 3.01. The molecular weight excluding hydrogens is 176 g/mol. The lowest BCUT2D eigenvalue weighted by Gasteiger charge is -2.28. The standard InChI is InChI=1S/C12H18O2/c1-9-7-8-10(12(9,2)3)5-4-6-11(13)14/h4,6-7,10H,5,8H2,1-3H3,(H,13,14)/b6-4+. The Balaban J connectivity index is 2.53. The molecule has 0 saturated heterocycles. The zero-order valence-corrected chi connectivity index (χ0v) is 9.08. The molecule has 2 nitrogen and oxygen atoms in total. The van der Waals surface area contributed by atoms with Crippen molar-refractivity contribution in [2.24, 2.45) is 11.3 Å². The van der Waals surface area contributed by atoms with Gasteiger partial charge < -0.3 is 5.11 Å². The third-order valence-electron chi connectivity index (χ3n) is 3.43. The first-order chi connectivity index (χ1) is 6.44. The Morgan fingerprint density at radius 3 is 2.79 bits per heavy atom. The number of hydrogen-bond donors (Lipinski definition) is 1. The predicted molar refractivity (Wildman–Crippen MR) is 57.0 cm³/mol. The molecule has 1 aliphatic carbocycles. The van der Waals surface area contributed by atoms with E-state index in [0.29, 0.717) is 5.92 Å². The lowest BCUT2D eigenvalue weighted by Crippen LogP contribution is -2.19. The fraction of sp³-hybridized carbons (Fsp3) is 0.583. The normalized spacial score (nSPS) is 25.4. The molecule has 1 rings (SSSR count). The quantitative estimate of drug-likeness (QED) is 0.554. The first-order valence-corrected chi connectivity index (χ1v) is 5.01. The van der Waals surface area contributed by atoms with E-state index in [9.17, 15) is 4.79 Å². The SMILES string of the molecule is CC1=CCC(C/C=C/C(=O)O)C1(C)C. The van der Waals surface area contributed by atoms with Gasteiger partial charge in [-0.1, -0.05) is 31.6 Å². The molecule has 0 aromatic carbocycles. The fourth-order valence-corrected chi connectivity index (χ4v) is 1.92. The molecule has 0 fully saturated rings. The van der Waals surface area contributed by atoms with Crippen molar-refractivity contribution in [2.45, 2.75) is 33.6 Å². The summed E-state index contributed by atoms with van der Waals surface area (Å²) in [6.45, 7) is 6.61. The van der Waals surface area contributed by atoms with Crippen LogP contribution in [0.3, 0.4) is 0 Å². The summed E-state index contributed by atoms with van der Waals surface area (Å²) >= 11 is 0. The minimum atomic E-state index is -0.856. The highest BCUT2D eigenvalue weighted by molar-refractivity contribution is 5.79. The van der Waals surface area contributed by atoms with Gasteiger partial charge in [0.05, 0.1) is 0 Å². The molecule has 0 heterocycles. The maximum absolute atomic E-state index is 10.3. The van der Waals surface area contributed by atoms with Gasteiger partial charge in [0.1, 0.15) is 0 Å². The molecule has 0 saturated carbocycles. The lowest BCUT2D eigenvalue weighted by atomic mass is 9.76. The maximum atomic E-state index is 10.3. The molecular formula is C12H18O2. The van der Waals surface area contributed by atoms with E-state index >= 15 is 0 Å². The van der Waals surface area contributed by atoms with Crippen LogP contribution in [0.4, 0.5) is 0 Å². The van der Waals surface area contributed by atoms with Crippen molar-refractivity contribution in [3.63, 3.8) is 0 Å². The van der Waals surface area contributed by atoms with Crippen LogP contribution >= 0.6 is 0 Å². The van der Waals surface area contributed by atoms with Gasteiger partial charge in [0.15, 0.2) is 0 Å². The Bertz CT molecular complexity index is 285. The van der Waals surface area contributed by atoms with Gasteiger partial charge in [-0.25, -0.2) is 4.79 Å².